The number of hydrogen-bond donors (Lipinski definition) is 1. The van der Waals surface area contributed by atoms with Gasteiger partial charge in [-0.3, -0.25) is 0 Å². The molecule has 0 bridgehead atoms. The second kappa shape index (κ2) is 5.27. The molecule has 1 aromatic heterocycles. The second-order valence-electron chi connectivity index (χ2n) is 6.09. The fourth-order valence-electron chi connectivity index (χ4n) is 2.80. The Balaban J connectivity index is 1.67. The Bertz CT molecular complexity index is 571. The van der Waals surface area contributed by atoms with E-state index in [2.05, 4.69) is 48.4 Å². The monoisotopic (exact) mass is 271 g/mol. The summed E-state index contributed by atoms with van der Waals surface area (Å²) < 4.78 is 5.23. The zero-order chi connectivity index (χ0) is 14.1. The van der Waals surface area contributed by atoms with Gasteiger partial charge in [0, 0.05) is 17.3 Å². The number of benzene rings is 1. The minimum Gasteiger partial charge on any atom is -0.423 e. The fraction of sp³-hybridized carbons (Fsp3) is 0.500. The van der Waals surface area contributed by atoms with Gasteiger partial charge in [0.15, 0.2) is 0 Å². The van der Waals surface area contributed by atoms with E-state index in [1.807, 2.05) is 6.07 Å². The molecule has 0 aliphatic heterocycles. The Hall–Kier alpha value is -1.84. The molecule has 1 aliphatic rings. The molecule has 0 radical (unpaired) electrons. The maximum absolute atomic E-state index is 5.23. The zero-order valence-corrected chi connectivity index (χ0v) is 12.3. The molecule has 1 fully saturated rings. The van der Waals surface area contributed by atoms with Gasteiger partial charge < -0.3 is 9.73 Å². The van der Waals surface area contributed by atoms with E-state index in [1.165, 1.54) is 30.5 Å². The second-order valence-corrected chi connectivity index (χ2v) is 6.09. The zero-order valence-electron chi connectivity index (χ0n) is 12.3. The van der Waals surface area contributed by atoms with Crippen LogP contribution in [0.1, 0.15) is 32.3 Å². The third kappa shape index (κ3) is 2.55. The van der Waals surface area contributed by atoms with Crippen LogP contribution in [0.2, 0.25) is 0 Å². The lowest BCUT2D eigenvalue weighted by Crippen LogP contribution is -2.38. The molecule has 1 N–H and O–H groups in total. The molecule has 1 saturated carbocycles. The third-order valence-electron chi connectivity index (χ3n) is 4.31. The molecule has 1 heterocycles. The summed E-state index contributed by atoms with van der Waals surface area (Å²) in [7, 11) is 0. The lowest BCUT2D eigenvalue weighted by atomic mass is 9.73. The fourth-order valence-corrected chi connectivity index (χ4v) is 2.80. The van der Waals surface area contributed by atoms with Crippen molar-refractivity contribution in [3.63, 3.8) is 0 Å². The average molecular weight is 271 g/mol. The first-order valence-corrected chi connectivity index (χ1v) is 7.27. The van der Waals surface area contributed by atoms with Crippen LogP contribution in [0.25, 0.3) is 11.5 Å². The summed E-state index contributed by atoms with van der Waals surface area (Å²) in [5.41, 5.74) is 3.40. The Morgan fingerprint density at radius 1 is 1.30 bits per heavy atom. The van der Waals surface area contributed by atoms with Gasteiger partial charge in [-0.15, -0.1) is 10.2 Å². The quantitative estimate of drug-likeness (QED) is 0.916. The summed E-state index contributed by atoms with van der Waals surface area (Å²) in [5, 5.41) is 11.3. The van der Waals surface area contributed by atoms with Crippen molar-refractivity contribution in [2.75, 3.05) is 5.32 Å². The molecule has 0 spiro atoms. The van der Waals surface area contributed by atoms with Crippen molar-refractivity contribution < 1.29 is 4.42 Å². The van der Waals surface area contributed by atoms with Gasteiger partial charge in [0.1, 0.15) is 0 Å². The van der Waals surface area contributed by atoms with E-state index >= 15 is 0 Å². The number of nitrogens with one attached hydrogen (secondary N) is 1. The topological polar surface area (TPSA) is 51.0 Å². The first kappa shape index (κ1) is 13.2. The number of aryl methyl sites for hydroxylation is 1. The molecule has 1 aromatic carbocycles. The van der Waals surface area contributed by atoms with Gasteiger partial charge in [-0.25, -0.2) is 0 Å². The van der Waals surface area contributed by atoms with Gasteiger partial charge in [-0.05, 0) is 55.4 Å². The normalized spacial score (nSPS) is 21.8. The minimum absolute atomic E-state index is 0.572. The Morgan fingerprint density at radius 3 is 2.70 bits per heavy atom. The number of hydrogen-bond acceptors (Lipinski definition) is 4. The predicted molar refractivity (Wildman–Crippen MR) is 79.4 cm³/mol. The standard InChI is InChI=1S/C16H21N3O/c1-10(2)13-7-14(8-13)18-15-5-4-12(6-11(15)3)16-19-17-9-20-16/h4-6,9-10,13-14,18H,7-8H2,1-3H3. The molecule has 4 nitrogen and oxygen atoms in total. The molecule has 20 heavy (non-hydrogen) atoms. The van der Waals surface area contributed by atoms with Gasteiger partial charge >= 0.3 is 0 Å². The summed E-state index contributed by atoms with van der Waals surface area (Å²) in [5.74, 6) is 2.25. The van der Waals surface area contributed by atoms with Crippen molar-refractivity contribution in [3.8, 4) is 11.5 Å². The van der Waals surface area contributed by atoms with Crippen molar-refractivity contribution in [2.45, 2.75) is 39.7 Å². The van der Waals surface area contributed by atoms with E-state index in [4.69, 9.17) is 4.42 Å². The largest absolute Gasteiger partial charge is 0.423 e. The van der Waals surface area contributed by atoms with Gasteiger partial charge in [0.2, 0.25) is 12.3 Å². The molecule has 106 valence electrons. The molecule has 1 aliphatic carbocycles. The van der Waals surface area contributed by atoms with Crippen molar-refractivity contribution in [1.29, 1.82) is 0 Å². The van der Waals surface area contributed by atoms with Gasteiger partial charge in [0.05, 0.1) is 0 Å². The lowest BCUT2D eigenvalue weighted by Gasteiger charge is -2.39. The molecule has 0 amide bonds. The van der Waals surface area contributed by atoms with E-state index in [0.717, 1.165) is 17.4 Å². The molecular formula is C16H21N3O. The molecule has 0 atom stereocenters. The lowest BCUT2D eigenvalue weighted by molar-refractivity contribution is 0.212. The smallest absolute Gasteiger partial charge is 0.247 e. The van der Waals surface area contributed by atoms with E-state index in [9.17, 15) is 0 Å². The van der Waals surface area contributed by atoms with Gasteiger partial charge in [0.25, 0.3) is 0 Å². The van der Waals surface area contributed by atoms with Crippen LogP contribution in [0.15, 0.2) is 29.0 Å². The van der Waals surface area contributed by atoms with Crippen molar-refractivity contribution in [1.82, 2.24) is 10.2 Å². The molecule has 3 rings (SSSR count). The third-order valence-corrected chi connectivity index (χ3v) is 4.31. The van der Waals surface area contributed by atoms with Gasteiger partial charge in [-0.2, -0.15) is 0 Å². The first-order valence-electron chi connectivity index (χ1n) is 7.27. The van der Waals surface area contributed by atoms with E-state index in [0.29, 0.717) is 11.9 Å². The van der Waals surface area contributed by atoms with Crippen LogP contribution in [0.3, 0.4) is 0 Å². The Kier molecular flexibility index (Phi) is 3.47. The van der Waals surface area contributed by atoms with Gasteiger partial charge in [-0.1, -0.05) is 13.8 Å². The average Bonchev–Trinajstić information content (AvgIpc) is 2.87. The maximum Gasteiger partial charge on any atom is 0.247 e. The predicted octanol–water partition coefficient (Wildman–Crippen LogP) is 3.89. The van der Waals surface area contributed by atoms with Crippen LogP contribution < -0.4 is 5.32 Å². The van der Waals surface area contributed by atoms with Crippen LogP contribution in [0, 0.1) is 18.8 Å². The number of anilines is 1. The highest BCUT2D eigenvalue weighted by Crippen LogP contribution is 2.36. The number of rotatable bonds is 4. The van der Waals surface area contributed by atoms with Crippen LogP contribution in [0.4, 0.5) is 5.69 Å². The van der Waals surface area contributed by atoms with Crippen LogP contribution in [-0.4, -0.2) is 16.2 Å². The molecular weight excluding hydrogens is 250 g/mol. The molecule has 0 unspecified atom stereocenters. The van der Waals surface area contributed by atoms with Crippen LogP contribution >= 0.6 is 0 Å². The summed E-state index contributed by atoms with van der Waals surface area (Å²) in [6.07, 6.45) is 3.92. The highest BCUT2D eigenvalue weighted by Gasteiger charge is 2.31. The molecule has 2 aromatic rings. The molecule has 4 heteroatoms. The first-order chi connectivity index (χ1) is 9.63. The van der Waals surface area contributed by atoms with Crippen LogP contribution in [-0.2, 0) is 0 Å². The SMILES string of the molecule is Cc1cc(-c2nnco2)ccc1NC1CC(C(C)C)C1. The summed E-state index contributed by atoms with van der Waals surface area (Å²) in [4.78, 5) is 0. The highest BCUT2D eigenvalue weighted by molar-refractivity contribution is 5.62. The summed E-state index contributed by atoms with van der Waals surface area (Å²) in [6, 6.07) is 6.85. The van der Waals surface area contributed by atoms with Crippen molar-refractivity contribution in [3.05, 3.63) is 30.2 Å². The van der Waals surface area contributed by atoms with Crippen LogP contribution in [0.5, 0.6) is 0 Å². The number of nitrogens with zero attached hydrogens (tertiary/aromatic N) is 2. The Labute approximate surface area is 119 Å². The maximum atomic E-state index is 5.23. The number of aromatic nitrogens is 2. The van der Waals surface area contributed by atoms with E-state index in [1.54, 1.807) is 0 Å². The summed E-state index contributed by atoms with van der Waals surface area (Å²) in [6.45, 7) is 6.73. The highest BCUT2D eigenvalue weighted by atomic mass is 16.4. The van der Waals surface area contributed by atoms with E-state index < -0.39 is 0 Å². The van der Waals surface area contributed by atoms with Crippen molar-refractivity contribution in [2.24, 2.45) is 11.8 Å². The Morgan fingerprint density at radius 2 is 2.10 bits per heavy atom. The molecule has 0 saturated heterocycles. The minimum atomic E-state index is 0.572. The summed E-state index contributed by atoms with van der Waals surface area (Å²) >= 11 is 0. The van der Waals surface area contributed by atoms with Crippen molar-refractivity contribution >= 4 is 5.69 Å². The van der Waals surface area contributed by atoms with E-state index in [-0.39, 0.29) is 0 Å².